The maximum Gasteiger partial charge on any atom is 0.251 e. The molecule has 1 aliphatic heterocycles. The molecule has 0 spiro atoms. The van der Waals surface area contributed by atoms with Crippen molar-refractivity contribution < 1.29 is 9.53 Å². The lowest BCUT2D eigenvalue weighted by atomic mass is 9.89. The van der Waals surface area contributed by atoms with Crippen molar-refractivity contribution in [2.24, 2.45) is 5.73 Å². The number of amides is 1. The van der Waals surface area contributed by atoms with Gasteiger partial charge < -0.3 is 16.2 Å². The number of thiophene rings is 1. The standard InChI is InChI=1S/C11H16N2O2S/c1-3-11(2)4-6-7(5-15-11)16-10(13)8(6)9(12)14/h3-5,13H2,1-2H3,(H2,12,14). The van der Waals surface area contributed by atoms with Crippen LogP contribution in [0.5, 0.6) is 0 Å². The van der Waals surface area contributed by atoms with Gasteiger partial charge in [-0.2, -0.15) is 0 Å². The summed E-state index contributed by atoms with van der Waals surface area (Å²) >= 11 is 1.41. The van der Waals surface area contributed by atoms with Crippen molar-refractivity contribution in [2.45, 2.75) is 38.9 Å². The number of nitrogen functional groups attached to an aromatic ring is 1. The van der Waals surface area contributed by atoms with E-state index in [1.807, 2.05) is 0 Å². The normalized spacial score (nSPS) is 24.1. The van der Waals surface area contributed by atoms with Gasteiger partial charge in [-0.05, 0) is 18.9 Å². The summed E-state index contributed by atoms with van der Waals surface area (Å²) in [6.45, 7) is 4.65. The number of primary amides is 1. The minimum absolute atomic E-state index is 0.204. The quantitative estimate of drug-likeness (QED) is 0.825. The van der Waals surface area contributed by atoms with Crippen molar-refractivity contribution in [2.75, 3.05) is 5.73 Å². The minimum atomic E-state index is -0.435. The first-order chi connectivity index (χ1) is 7.47. The molecule has 2 heterocycles. The topological polar surface area (TPSA) is 78.3 Å². The zero-order valence-electron chi connectivity index (χ0n) is 9.50. The predicted octanol–water partition coefficient (Wildman–Crippen LogP) is 1.67. The zero-order valence-corrected chi connectivity index (χ0v) is 10.3. The molecule has 1 atom stereocenters. The first-order valence-corrected chi connectivity index (χ1v) is 6.12. The van der Waals surface area contributed by atoms with Gasteiger partial charge in [-0.25, -0.2) is 0 Å². The van der Waals surface area contributed by atoms with Crippen LogP contribution in [0.3, 0.4) is 0 Å². The van der Waals surface area contributed by atoms with Gasteiger partial charge in [0, 0.05) is 11.3 Å². The van der Waals surface area contributed by atoms with E-state index in [-0.39, 0.29) is 5.60 Å². The maximum absolute atomic E-state index is 11.4. The Bertz CT molecular complexity index is 441. The van der Waals surface area contributed by atoms with E-state index in [0.29, 0.717) is 23.6 Å². The molecule has 1 unspecified atom stereocenters. The minimum Gasteiger partial charge on any atom is -0.390 e. The highest BCUT2D eigenvalue weighted by molar-refractivity contribution is 7.16. The van der Waals surface area contributed by atoms with Crippen LogP contribution in [0.1, 0.15) is 41.1 Å². The number of ether oxygens (including phenoxy) is 1. The van der Waals surface area contributed by atoms with Gasteiger partial charge in [0.25, 0.3) is 5.91 Å². The van der Waals surface area contributed by atoms with Crippen LogP contribution in [0.15, 0.2) is 0 Å². The van der Waals surface area contributed by atoms with Crippen molar-refractivity contribution in [1.29, 1.82) is 0 Å². The van der Waals surface area contributed by atoms with E-state index in [1.54, 1.807) is 0 Å². The van der Waals surface area contributed by atoms with Crippen LogP contribution < -0.4 is 11.5 Å². The van der Waals surface area contributed by atoms with E-state index < -0.39 is 5.91 Å². The molecule has 0 saturated heterocycles. The fourth-order valence-corrected chi connectivity index (χ4v) is 3.01. The monoisotopic (exact) mass is 240 g/mol. The van der Waals surface area contributed by atoms with Gasteiger partial charge in [0.2, 0.25) is 0 Å². The number of fused-ring (bicyclic) bond motifs is 1. The maximum atomic E-state index is 11.4. The number of carbonyl (C=O) groups excluding carboxylic acids is 1. The molecule has 4 nitrogen and oxygen atoms in total. The molecule has 5 heteroatoms. The average molecular weight is 240 g/mol. The number of hydrogen-bond acceptors (Lipinski definition) is 4. The summed E-state index contributed by atoms with van der Waals surface area (Å²) in [5.41, 5.74) is 12.5. The molecule has 1 aromatic rings. The lowest BCUT2D eigenvalue weighted by Gasteiger charge is -2.33. The Morgan fingerprint density at radius 1 is 1.62 bits per heavy atom. The molecule has 1 aliphatic rings. The largest absolute Gasteiger partial charge is 0.390 e. The van der Waals surface area contributed by atoms with Crippen molar-refractivity contribution in [1.82, 2.24) is 0 Å². The Morgan fingerprint density at radius 2 is 2.31 bits per heavy atom. The van der Waals surface area contributed by atoms with Gasteiger partial charge in [0.05, 0.1) is 22.8 Å². The summed E-state index contributed by atoms with van der Waals surface area (Å²) in [5.74, 6) is -0.435. The smallest absolute Gasteiger partial charge is 0.251 e. The summed E-state index contributed by atoms with van der Waals surface area (Å²) < 4.78 is 5.79. The number of nitrogens with two attached hydrogens (primary N) is 2. The van der Waals surface area contributed by atoms with Gasteiger partial charge in [-0.1, -0.05) is 6.92 Å². The summed E-state index contributed by atoms with van der Waals surface area (Å²) in [7, 11) is 0. The molecule has 0 bridgehead atoms. The number of rotatable bonds is 2. The first kappa shape index (κ1) is 11.4. The average Bonchev–Trinajstić information content (AvgIpc) is 2.53. The third kappa shape index (κ3) is 1.70. The van der Waals surface area contributed by atoms with E-state index in [9.17, 15) is 4.79 Å². The first-order valence-electron chi connectivity index (χ1n) is 5.30. The molecule has 0 radical (unpaired) electrons. The van der Waals surface area contributed by atoms with Crippen molar-refractivity contribution in [3.05, 3.63) is 16.0 Å². The van der Waals surface area contributed by atoms with E-state index in [2.05, 4.69) is 13.8 Å². The van der Waals surface area contributed by atoms with Gasteiger partial charge in [-0.15, -0.1) is 11.3 Å². The Labute approximate surface area is 98.6 Å². The van der Waals surface area contributed by atoms with Crippen LogP contribution in [0.25, 0.3) is 0 Å². The highest BCUT2D eigenvalue weighted by Gasteiger charge is 2.34. The van der Waals surface area contributed by atoms with Crippen molar-refractivity contribution in [3.8, 4) is 0 Å². The van der Waals surface area contributed by atoms with E-state index >= 15 is 0 Å². The second-order valence-electron chi connectivity index (χ2n) is 4.38. The lowest BCUT2D eigenvalue weighted by Crippen LogP contribution is -2.35. The molecular weight excluding hydrogens is 224 g/mol. The van der Waals surface area contributed by atoms with Crippen LogP contribution in [-0.2, 0) is 17.8 Å². The molecule has 16 heavy (non-hydrogen) atoms. The Morgan fingerprint density at radius 3 is 2.88 bits per heavy atom. The van der Waals surface area contributed by atoms with Crippen molar-refractivity contribution in [3.63, 3.8) is 0 Å². The molecule has 0 fully saturated rings. The summed E-state index contributed by atoms with van der Waals surface area (Å²) in [4.78, 5) is 12.4. The lowest BCUT2D eigenvalue weighted by molar-refractivity contribution is -0.0547. The Kier molecular flexibility index (Phi) is 2.67. The third-order valence-electron chi connectivity index (χ3n) is 3.21. The SMILES string of the molecule is CCC1(C)Cc2c(sc(N)c2C(N)=O)CO1. The molecular formula is C11H16N2O2S. The van der Waals surface area contributed by atoms with E-state index in [1.165, 1.54) is 11.3 Å². The third-order valence-corrected chi connectivity index (χ3v) is 4.25. The Balaban J connectivity index is 2.47. The van der Waals surface area contributed by atoms with E-state index in [4.69, 9.17) is 16.2 Å². The summed E-state index contributed by atoms with van der Waals surface area (Å²) in [6, 6.07) is 0. The van der Waals surface area contributed by atoms with Gasteiger partial charge in [0.1, 0.15) is 0 Å². The molecule has 2 rings (SSSR count). The predicted molar refractivity (Wildman–Crippen MR) is 64.4 cm³/mol. The number of hydrogen-bond donors (Lipinski definition) is 2. The highest BCUT2D eigenvalue weighted by Crippen LogP contribution is 2.39. The fourth-order valence-electron chi connectivity index (χ4n) is 2.00. The molecule has 0 aliphatic carbocycles. The van der Waals surface area contributed by atoms with Crippen LogP contribution in [-0.4, -0.2) is 11.5 Å². The van der Waals surface area contributed by atoms with Crippen LogP contribution in [0, 0.1) is 0 Å². The molecule has 88 valence electrons. The highest BCUT2D eigenvalue weighted by atomic mass is 32.1. The molecule has 1 amide bonds. The molecule has 0 saturated carbocycles. The summed E-state index contributed by atoms with van der Waals surface area (Å²) in [6.07, 6.45) is 1.62. The second kappa shape index (κ2) is 3.75. The summed E-state index contributed by atoms with van der Waals surface area (Å²) in [5, 5.41) is 0.515. The van der Waals surface area contributed by atoms with Gasteiger partial charge in [-0.3, -0.25) is 4.79 Å². The molecule has 1 aromatic heterocycles. The Hall–Kier alpha value is -1.07. The molecule has 4 N–H and O–H groups in total. The van der Waals surface area contributed by atoms with Crippen LogP contribution in [0.2, 0.25) is 0 Å². The molecule has 0 aromatic carbocycles. The zero-order chi connectivity index (χ0) is 11.9. The number of anilines is 1. The van der Waals surface area contributed by atoms with Gasteiger partial charge >= 0.3 is 0 Å². The number of carbonyl (C=O) groups is 1. The fraction of sp³-hybridized carbons (Fsp3) is 0.545. The van der Waals surface area contributed by atoms with E-state index in [0.717, 1.165) is 16.9 Å². The van der Waals surface area contributed by atoms with Crippen molar-refractivity contribution >= 4 is 22.2 Å². The van der Waals surface area contributed by atoms with Crippen LogP contribution >= 0.6 is 11.3 Å². The van der Waals surface area contributed by atoms with Gasteiger partial charge in [0.15, 0.2) is 0 Å². The van der Waals surface area contributed by atoms with Crippen LogP contribution in [0.4, 0.5) is 5.00 Å². The second-order valence-corrected chi connectivity index (χ2v) is 5.51.